The van der Waals surface area contributed by atoms with Gasteiger partial charge in [0.2, 0.25) is 0 Å². The maximum absolute atomic E-state index is 13.0. The highest BCUT2D eigenvalue weighted by molar-refractivity contribution is 7.92. The fourth-order valence-corrected chi connectivity index (χ4v) is 5.18. The van der Waals surface area contributed by atoms with Gasteiger partial charge in [-0.2, -0.15) is 0 Å². The van der Waals surface area contributed by atoms with Gasteiger partial charge in [-0.3, -0.25) is 4.31 Å². The zero-order valence-corrected chi connectivity index (χ0v) is 14.2. The molecule has 0 radical (unpaired) electrons. The Morgan fingerprint density at radius 2 is 1.52 bits per heavy atom. The van der Waals surface area contributed by atoms with E-state index in [9.17, 15) is 8.42 Å². The van der Waals surface area contributed by atoms with Crippen molar-refractivity contribution in [2.45, 2.75) is 43.9 Å². The predicted octanol–water partition coefficient (Wildman–Crippen LogP) is 3.63. The van der Waals surface area contributed by atoms with Crippen molar-refractivity contribution >= 4 is 15.7 Å². The SMILES string of the molecule is Cc1ccc(S(=O)(=O)N2CCc3cc4c(cc32)CCCC4)cc1. The van der Waals surface area contributed by atoms with Crippen LogP contribution in [-0.4, -0.2) is 15.0 Å². The number of hydrogen-bond acceptors (Lipinski definition) is 2. The zero-order valence-electron chi connectivity index (χ0n) is 13.4. The molecule has 0 aromatic heterocycles. The van der Waals surface area contributed by atoms with Gasteiger partial charge in [-0.05, 0) is 73.9 Å². The van der Waals surface area contributed by atoms with Gasteiger partial charge >= 0.3 is 0 Å². The van der Waals surface area contributed by atoms with Gasteiger partial charge in [0.05, 0.1) is 10.6 Å². The molecule has 0 unspecified atom stereocenters. The second-order valence-corrected chi connectivity index (χ2v) is 8.46. The van der Waals surface area contributed by atoms with Crippen LogP contribution in [0.1, 0.15) is 35.1 Å². The molecule has 0 fully saturated rings. The lowest BCUT2D eigenvalue weighted by Crippen LogP contribution is -2.29. The van der Waals surface area contributed by atoms with Crippen LogP contribution in [0.5, 0.6) is 0 Å². The Morgan fingerprint density at radius 1 is 0.870 bits per heavy atom. The highest BCUT2D eigenvalue weighted by atomic mass is 32.2. The smallest absolute Gasteiger partial charge is 0.264 e. The molecule has 0 saturated carbocycles. The molecule has 23 heavy (non-hydrogen) atoms. The van der Waals surface area contributed by atoms with Gasteiger partial charge in [-0.15, -0.1) is 0 Å². The van der Waals surface area contributed by atoms with Crippen molar-refractivity contribution in [1.82, 2.24) is 0 Å². The first-order valence-electron chi connectivity index (χ1n) is 8.30. The number of nitrogens with zero attached hydrogens (tertiary/aromatic N) is 1. The fourth-order valence-electron chi connectivity index (χ4n) is 3.69. The highest BCUT2D eigenvalue weighted by Crippen LogP contribution is 2.37. The molecular formula is C19H21NO2S. The van der Waals surface area contributed by atoms with E-state index in [-0.39, 0.29) is 0 Å². The third-order valence-corrected chi connectivity index (χ3v) is 6.83. The van der Waals surface area contributed by atoms with E-state index in [1.54, 1.807) is 16.4 Å². The van der Waals surface area contributed by atoms with Crippen molar-refractivity contribution in [3.8, 4) is 0 Å². The van der Waals surface area contributed by atoms with Crippen LogP contribution in [0, 0.1) is 6.92 Å². The third kappa shape index (κ3) is 2.45. The van der Waals surface area contributed by atoms with E-state index in [2.05, 4.69) is 12.1 Å². The van der Waals surface area contributed by atoms with Gasteiger partial charge < -0.3 is 0 Å². The molecule has 0 spiro atoms. The van der Waals surface area contributed by atoms with Gasteiger partial charge in [0.15, 0.2) is 0 Å². The summed E-state index contributed by atoms with van der Waals surface area (Å²) >= 11 is 0. The number of fused-ring (bicyclic) bond motifs is 2. The number of hydrogen-bond donors (Lipinski definition) is 0. The highest BCUT2D eigenvalue weighted by Gasteiger charge is 2.31. The molecule has 2 aromatic rings. The van der Waals surface area contributed by atoms with E-state index in [0.29, 0.717) is 11.4 Å². The van der Waals surface area contributed by atoms with Crippen molar-refractivity contribution in [1.29, 1.82) is 0 Å². The lowest BCUT2D eigenvalue weighted by molar-refractivity contribution is 0.592. The number of anilines is 1. The van der Waals surface area contributed by atoms with E-state index in [1.165, 1.54) is 29.5 Å². The van der Waals surface area contributed by atoms with Crippen LogP contribution >= 0.6 is 0 Å². The van der Waals surface area contributed by atoms with E-state index < -0.39 is 10.0 Å². The molecule has 4 heteroatoms. The molecule has 0 N–H and O–H groups in total. The molecule has 0 saturated heterocycles. The van der Waals surface area contributed by atoms with Crippen LogP contribution in [-0.2, 0) is 29.3 Å². The fraction of sp³-hybridized carbons (Fsp3) is 0.368. The van der Waals surface area contributed by atoms with Gasteiger partial charge in [0, 0.05) is 6.54 Å². The Morgan fingerprint density at radius 3 is 2.22 bits per heavy atom. The quantitative estimate of drug-likeness (QED) is 0.845. The van der Waals surface area contributed by atoms with E-state index in [0.717, 1.165) is 30.5 Å². The summed E-state index contributed by atoms with van der Waals surface area (Å²) in [5.74, 6) is 0. The summed E-state index contributed by atoms with van der Waals surface area (Å²) in [7, 11) is -3.46. The minimum Gasteiger partial charge on any atom is -0.266 e. The normalized spacial score (nSPS) is 17.0. The van der Waals surface area contributed by atoms with Gasteiger partial charge in [0.25, 0.3) is 10.0 Å². The van der Waals surface area contributed by atoms with E-state index in [4.69, 9.17) is 0 Å². The summed E-state index contributed by atoms with van der Waals surface area (Å²) in [4.78, 5) is 0.383. The molecule has 1 aliphatic heterocycles. The van der Waals surface area contributed by atoms with Crippen LogP contribution in [0.15, 0.2) is 41.3 Å². The average molecular weight is 327 g/mol. The zero-order chi connectivity index (χ0) is 16.0. The van der Waals surface area contributed by atoms with Crippen molar-refractivity contribution in [2.24, 2.45) is 0 Å². The standard InChI is InChI=1S/C19H21NO2S/c1-14-6-8-18(9-7-14)23(21,22)20-11-10-17-12-15-4-2-3-5-16(15)13-19(17)20/h6-9,12-13H,2-5,10-11H2,1H3. The Bertz CT molecular complexity index is 854. The first-order chi connectivity index (χ1) is 11.1. The summed E-state index contributed by atoms with van der Waals surface area (Å²) in [6.07, 6.45) is 5.47. The van der Waals surface area contributed by atoms with Crippen molar-refractivity contribution < 1.29 is 8.42 Å². The summed E-state index contributed by atoms with van der Waals surface area (Å²) in [6.45, 7) is 2.52. The molecule has 4 rings (SSSR count). The summed E-state index contributed by atoms with van der Waals surface area (Å²) in [5, 5.41) is 0. The Balaban J connectivity index is 1.77. The van der Waals surface area contributed by atoms with E-state index in [1.807, 2.05) is 19.1 Å². The van der Waals surface area contributed by atoms with Crippen molar-refractivity contribution in [3.05, 3.63) is 58.7 Å². The van der Waals surface area contributed by atoms with Crippen molar-refractivity contribution in [2.75, 3.05) is 10.8 Å². The Hall–Kier alpha value is -1.81. The lowest BCUT2D eigenvalue weighted by atomic mass is 9.90. The van der Waals surface area contributed by atoms with Crippen LogP contribution in [0.25, 0.3) is 0 Å². The maximum atomic E-state index is 13.0. The molecule has 0 bridgehead atoms. The topological polar surface area (TPSA) is 37.4 Å². The minimum atomic E-state index is -3.46. The number of aryl methyl sites for hydroxylation is 3. The van der Waals surface area contributed by atoms with Crippen molar-refractivity contribution in [3.63, 3.8) is 0 Å². The first kappa shape index (κ1) is 14.8. The average Bonchev–Trinajstić information content (AvgIpc) is 2.96. The predicted molar refractivity (Wildman–Crippen MR) is 92.5 cm³/mol. The molecule has 120 valence electrons. The molecule has 1 aliphatic carbocycles. The largest absolute Gasteiger partial charge is 0.266 e. The number of sulfonamides is 1. The molecular weight excluding hydrogens is 306 g/mol. The van der Waals surface area contributed by atoms with Gasteiger partial charge in [-0.1, -0.05) is 23.8 Å². The van der Waals surface area contributed by atoms with Crippen LogP contribution in [0.3, 0.4) is 0 Å². The molecule has 2 aromatic carbocycles. The molecule has 0 amide bonds. The summed E-state index contributed by atoms with van der Waals surface area (Å²) in [5.41, 5.74) is 5.90. The lowest BCUT2D eigenvalue weighted by Gasteiger charge is -2.22. The van der Waals surface area contributed by atoms with Gasteiger partial charge in [0.1, 0.15) is 0 Å². The first-order valence-corrected chi connectivity index (χ1v) is 9.74. The summed E-state index contributed by atoms with van der Waals surface area (Å²) < 4.78 is 27.6. The monoisotopic (exact) mass is 327 g/mol. The number of rotatable bonds is 2. The Labute approximate surface area is 138 Å². The molecule has 3 nitrogen and oxygen atoms in total. The van der Waals surface area contributed by atoms with Crippen LogP contribution in [0.2, 0.25) is 0 Å². The minimum absolute atomic E-state index is 0.383. The van der Waals surface area contributed by atoms with Crippen LogP contribution in [0.4, 0.5) is 5.69 Å². The second kappa shape index (κ2) is 5.38. The maximum Gasteiger partial charge on any atom is 0.264 e. The second-order valence-electron chi connectivity index (χ2n) is 6.60. The van der Waals surface area contributed by atoms with Crippen LogP contribution < -0.4 is 4.31 Å². The third-order valence-electron chi connectivity index (χ3n) is 5.01. The summed E-state index contributed by atoms with van der Waals surface area (Å²) in [6, 6.07) is 11.5. The molecule has 2 aliphatic rings. The Kier molecular flexibility index (Phi) is 3.45. The number of benzene rings is 2. The van der Waals surface area contributed by atoms with E-state index >= 15 is 0 Å². The van der Waals surface area contributed by atoms with Gasteiger partial charge in [-0.25, -0.2) is 8.42 Å². The molecule has 0 atom stereocenters. The molecule has 1 heterocycles.